The van der Waals surface area contributed by atoms with Crippen molar-refractivity contribution in [1.29, 1.82) is 0 Å². The third-order valence-corrected chi connectivity index (χ3v) is 5.69. The molecule has 3 N–H and O–H groups in total. The number of carbonyl (C=O) groups is 3. The quantitative estimate of drug-likeness (QED) is 0.477. The summed E-state index contributed by atoms with van der Waals surface area (Å²) in [4.78, 5) is 40.0. The van der Waals surface area contributed by atoms with E-state index in [0.29, 0.717) is 31.1 Å². The van der Waals surface area contributed by atoms with Crippen molar-refractivity contribution in [2.45, 2.75) is 38.5 Å². The number of hydrogen-bond donors (Lipinski definition) is 3. The van der Waals surface area contributed by atoms with Gasteiger partial charge in [0, 0.05) is 44.5 Å². The molecular formula is C21H30BN3O6. The molecule has 0 saturated carbocycles. The van der Waals surface area contributed by atoms with Crippen LogP contribution in [0.15, 0.2) is 18.2 Å². The average Bonchev–Trinajstić information content (AvgIpc) is 2.69. The summed E-state index contributed by atoms with van der Waals surface area (Å²) in [5, 5.41) is 22.9. The maximum atomic E-state index is 12.6. The SMILES string of the molecule is CC(C)NCCN1CCN(CC(=O)C[C@H]2Cc3cccc(C(=O)O)c3OB2O)C(=O)C1. The van der Waals surface area contributed by atoms with E-state index in [-0.39, 0.29) is 36.0 Å². The summed E-state index contributed by atoms with van der Waals surface area (Å²) in [7, 11) is -1.27. The number of carbonyl (C=O) groups excluding carboxylic acids is 2. The molecule has 3 rings (SSSR count). The van der Waals surface area contributed by atoms with Crippen molar-refractivity contribution < 1.29 is 29.2 Å². The van der Waals surface area contributed by atoms with Crippen LogP contribution in [0.1, 0.15) is 36.2 Å². The normalized spacial score (nSPS) is 19.4. The van der Waals surface area contributed by atoms with Crippen molar-refractivity contribution in [2.24, 2.45) is 0 Å². The molecule has 0 aromatic heterocycles. The van der Waals surface area contributed by atoms with Gasteiger partial charge >= 0.3 is 13.1 Å². The molecule has 0 spiro atoms. The summed E-state index contributed by atoms with van der Waals surface area (Å²) in [6.07, 6.45) is 0.400. The smallest absolute Gasteiger partial charge is 0.526 e. The van der Waals surface area contributed by atoms with Crippen LogP contribution in [-0.4, -0.2) is 90.0 Å². The molecule has 168 valence electrons. The van der Waals surface area contributed by atoms with E-state index in [4.69, 9.17) is 4.65 Å². The standard InChI is InChI=1S/C21H30BN3O6/c1-14(2)23-6-7-24-8-9-25(19(27)13-24)12-17(26)11-16-10-15-4-3-5-18(21(28)29)20(15)31-22(16)30/h3-5,14,16,23,30H,6-13H2,1-2H3,(H,28,29)/t16-/m1/s1. The van der Waals surface area contributed by atoms with Gasteiger partial charge in [-0.3, -0.25) is 14.5 Å². The zero-order valence-electron chi connectivity index (χ0n) is 18.0. The zero-order valence-corrected chi connectivity index (χ0v) is 18.0. The van der Waals surface area contributed by atoms with Gasteiger partial charge in [0.25, 0.3) is 0 Å². The fourth-order valence-corrected chi connectivity index (χ4v) is 4.02. The second-order valence-corrected chi connectivity index (χ2v) is 8.51. The number of benzene rings is 1. The highest BCUT2D eigenvalue weighted by atomic mass is 16.5. The number of Topliss-reactive ketones (excluding diaryl/α,β-unsaturated/α-hetero) is 1. The van der Waals surface area contributed by atoms with Crippen molar-refractivity contribution in [3.05, 3.63) is 29.3 Å². The molecule has 1 aromatic carbocycles. The van der Waals surface area contributed by atoms with Crippen LogP contribution >= 0.6 is 0 Å². The molecule has 0 bridgehead atoms. The van der Waals surface area contributed by atoms with Gasteiger partial charge in [-0.05, 0) is 18.1 Å². The highest BCUT2D eigenvalue weighted by molar-refractivity contribution is 6.47. The highest BCUT2D eigenvalue weighted by Crippen LogP contribution is 2.36. The fraction of sp³-hybridized carbons (Fsp3) is 0.571. The van der Waals surface area contributed by atoms with E-state index in [2.05, 4.69) is 24.1 Å². The summed E-state index contributed by atoms with van der Waals surface area (Å²) in [5.41, 5.74) is 0.649. The van der Waals surface area contributed by atoms with Gasteiger partial charge in [0.15, 0.2) is 5.78 Å². The Bertz CT molecular complexity index is 833. The Hall–Kier alpha value is -2.43. The van der Waals surface area contributed by atoms with Crippen molar-refractivity contribution in [2.75, 3.05) is 39.3 Å². The van der Waals surface area contributed by atoms with Crippen molar-refractivity contribution in [3.8, 4) is 5.75 Å². The van der Waals surface area contributed by atoms with Crippen molar-refractivity contribution in [3.63, 3.8) is 0 Å². The molecule has 2 aliphatic rings. The van der Waals surface area contributed by atoms with E-state index >= 15 is 0 Å². The Balaban J connectivity index is 1.50. The van der Waals surface area contributed by atoms with E-state index in [1.807, 2.05) is 0 Å². The topological polar surface area (TPSA) is 119 Å². The second kappa shape index (κ2) is 10.3. The van der Waals surface area contributed by atoms with Crippen LogP contribution < -0.4 is 9.97 Å². The number of ketones is 1. The van der Waals surface area contributed by atoms with E-state index in [1.54, 1.807) is 17.0 Å². The number of nitrogens with one attached hydrogen (secondary N) is 1. The highest BCUT2D eigenvalue weighted by Gasteiger charge is 2.38. The van der Waals surface area contributed by atoms with E-state index in [1.165, 1.54) is 6.07 Å². The molecule has 9 nitrogen and oxygen atoms in total. The van der Waals surface area contributed by atoms with Gasteiger partial charge < -0.3 is 25.0 Å². The van der Waals surface area contributed by atoms with E-state index < -0.39 is 18.9 Å². The molecule has 0 radical (unpaired) electrons. The largest absolute Gasteiger partial charge is 0.535 e. The molecule has 1 saturated heterocycles. The third kappa shape index (κ3) is 6.06. The van der Waals surface area contributed by atoms with E-state index in [0.717, 1.165) is 19.6 Å². The summed E-state index contributed by atoms with van der Waals surface area (Å²) in [5.74, 6) is -1.67. The molecule has 0 unspecified atom stereocenters. The molecule has 2 heterocycles. The molecular weight excluding hydrogens is 401 g/mol. The number of hydrogen-bond acceptors (Lipinski definition) is 7. The first-order chi connectivity index (χ1) is 14.7. The lowest BCUT2D eigenvalue weighted by Gasteiger charge is -2.34. The molecule has 2 aliphatic heterocycles. The van der Waals surface area contributed by atoms with Crippen LogP contribution in [0.2, 0.25) is 5.82 Å². The minimum absolute atomic E-state index is 0.00612. The predicted molar refractivity (Wildman–Crippen MR) is 115 cm³/mol. The van der Waals surface area contributed by atoms with Crippen molar-refractivity contribution >= 4 is 24.8 Å². The maximum Gasteiger partial charge on any atom is 0.526 e. The Morgan fingerprint density at radius 2 is 2.10 bits per heavy atom. The third-order valence-electron chi connectivity index (χ3n) is 5.69. The first kappa shape index (κ1) is 23.2. The molecule has 1 atom stereocenters. The number of piperazine rings is 1. The van der Waals surface area contributed by atoms with Crippen LogP contribution in [-0.2, 0) is 16.0 Å². The summed E-state index contributed by atoms with van der Waals surface area (Å²) >= 11 is 0. The number of carboxylic acids is 1. The first-order valence-electron chi connectivity index (χ1n) is 10.7. The lowest BCUT2D eigenvalue weighted by atomic mass is 9.64. The lowest BCUT2D eigenvalue weighted by Crippen LogP contribution is -2.53. The number of amides is 1. The first-order valence-corrected chi connectivity index (χ1v) is 10.7. The number of fused-ring (bicyclic) bond motifs is 1. The van der Waals surface area contributed by atoms with Gasteiger partial charge in [0.05, 0.1) is 18.7 Å². The minimum Gasteiger partial charge on any atom is -0.535 e. The zero-order chi connectivity index (χ0) is 22.5. The second-order valence-electron chi connectivity index (χ2n) is 8.51. The molecule has 10 heteroatoms. The predicted octanol–water partition coefficient (Wildman–Crippen LogP) is 0.272. The number of aromatic carboxylic acids is 1. The molecule has 0 aliphatic carbocycles. The molecule has 1 aromatic rings. The van der Waals surface area contributed by atoms with Crippen LogP contribution in [0.3, 0.4) is 0 Å². The minimum atomic E-state index is -1.27. The molecule has 1 amide bonds. The van der Waals surface area contributed by atoms with Crippen LogP contribution in [0.5, 0.6) is 5.75 Å². The summed E-state index contributed by atoms with van der Waals surface area (Å²) in [6.45, 7) is 7.29. The summed E-state index contributed by atoms with van der Waals surface area (Å²) < 4.78 is 5.45. The van der Waals surface area contributed by atoms with Crippen LogP contribution in [0.4, 0.5) is 0 Å². The molecule has 1 fully saturated rings. The number of rotatable bonds is 9. The monoisotopic (exact) mass is 431 g/mol. The van der Waals surface area contributed by atoms with Gasteiger partial charge in [-0.25, -0.2) is 4.79 Å². The van der Waals surface area contributed by atoms with Gasteiger partial charge in [-0.2, -0.15) is 0 Å². The number of para-hydroxylation sites is 1. The Labute approximate surface area is 182 Å². The van der Waals surface area contributed by atoms with Gasteiger partial charge in [0.2, 0.25) is 5.91 Å². The molecule has 31 heavy (non-hydrogen) atoms. The van der Waals surface area contributed by atoms with Gasteiger partial charge in [0.1, 0.15) is 5.75 Å². The van der Waals surface area contributed by atoms with Crippen molar-refractivity contribution in [1.82, 2.24) is 15.1 Å². The number of carboxylic acid groups (broad SMARTS) is 1. The Morgan fingerprint density at radius 1 is 1.32 bits per heavy atom. The maximum absolute atomic E-state index is 12.6. The van der Waals surface area contributed by atoms with E-state index in [9.17, 15) is 24.5 Å². The number of nitrogens with zero attached hydrogens (tertiary/aromatic N) is 2. The lowest BCUT2D eigenvalue weighted by molar-refractivity contribution is -0.139. The van der Waals surface area contributed by atoms with Crippen LogP contribution in [0, 0.1) is 0 Å². The summed E-state index contributed by atoms with van der Waals surface area (Å²) in [6, 6.07) is 5.18. The van der Waals surface area contributed by atoms with Crippen LogP contribution in [0.25, 0.3) is 0 Å². The average molecular weight is 431 g/mol. The van der Waals surface area contributed by atoms with Gasteiger partial charge in [-0.15, -0.1) is 0 Å². The Morgan fingerprint density at radius 3 is 2.77 bits per heavy atom. The van der Waals surface area contributed by atoms with Gasteiger partial charge in [-0.1, -0.05) is 26.0 Å². The Kier molecular flexibility index (Phi) is 7.69. The fourth-order valence-electron chi connectivity index (χ4n) is 4.02.